The smallest absolute Gasteiger partial charge is 0.283 e. The number of nitrogens with two attached hydrogens (primary N) is 1. The van der Waals surface area contributed by atoms with Crippen LogP contribution in [0.4, 0.5) is 5.69 Å². The highest BCUT2D eigenvalue weighted by Gasteiger charge is 2.20. The topological polar surface area (TPSA) is 119 Å². The predicted octanol–water partition coefficient (Wildman–Crippen LogP) is 1.03. The van der Waals surface area contributed by atoms with Crippen LogP contribution in [0, 0.1) is 10.1 Å². The van der Waals surface area contributed by atoms with Gasteiger partial charge in [0.1, 0.15) is 0 Å². The molecule has 24 heavy (non-hydrogen) atoms. The van der Waals surface area contributed by atoms with Gasteiger partial charge in [0.2, 0.25) is 11.8 Å². The lowest BCUT2D eigenvalue weighted by Crippen LogP contribution is -2.35. The molecule has 8 nitrogen and oxygen atoms in total. The Balaban J connectivity index is 0.00000288. The SMILES string of the molecule is Cl.NC(=O)c1ccc(SCC(=O)N2CCCNCC2)c([N+](=O)[O-])c1. The van der Waals surface area contributed by atoms with Gasteiger partial charge in [-0.05, 0) is 25.1 Å². The number of nitrogens with zero attached hydrogens (tertiary/aromatic N) is 2. The maximum atomic E-state index is 12.2. The summed E-state index contributed by atoms with van der Waals surface area (Å²) < 4.78 is 0. The molecule has 0 radical (unpaired) electrons. The molecule has 0 atom stereocenters. The highest BCUT2D eigenvalue weighted by molar-refractivity contribution is 8.00. The third kappa shape index (κ3) is 5.36. The number of primary amides is 1. The van der Waals surface area contributed by atoms with E-state index >= 15 is 0 Å². The van der Waals surface area contributed by atoms with Crippen molar-refractivity contribution in [2.45, 2.75) is 11.3 Å². The number of hydrogen-bond donors (Lipinski definition) is 2. The molecule has 1 aromatic rings. The summed E-state index contributed by atoms with van der Waals surface area (Å²) in [5.74, 6) is -0.652. The zero-order chi connectivity index (χ0) is 16.8. The van der Waals surface area contributed by atoms with Crippen molar-refractivity contribution in [3.63, 3.8) is 0 Å². The third-order valence-electron chi connectivity index (χ3n) is 3.48. The minimum absolute atomic E-state index is 0. The molecule has 1 aliphatic heterocycles. The van der Waals surface area contributed by atoms with Crippen LogP contribution in [-0.2, 0) is 4.79 Å². The van der Waals surface area contributed by atoms with Gasteiger partial charge in [-0.2, -0.15) is 0 Å². The molecule has 0 saturated carbocycles. The van der Waals surface area contributed by atoms with E-state index in [0.29, 0.717) is 18.0 Å². The number of hydrogen-bond acceptors (Lipinski definition) is 6. The first kappa shape index (κ1) is 20.2. The van der Waals surface area contributed by atoms with Crippen molar-refractivity contribution in [1.29, 1.82) is 0 Å². The Labute approximate surface area is 149 Å². The zero-order valence-electron chi connectivity index (χ0n) is 12.9. The summed E-state index contributed by atoms with van der Waals surface area (Å²) >= 11 is 1.10. The van der Waals surface area contributed by atoms with Gasteiger partial charge < -0.3 is 16.0 Å². The van der Waals surface area contributed by atoms with Crippen LogP contribution in [-0.4, -0.2) is 53.6 Å². The van der Waals surface area contributed by atoms with E-state index in [2.05, 4.69) is 5.32 Å². The van der Waals surface area contributed by atoms with Crippen molar-refractivity contribution in [2.24, 2.45) is 5.73 Å². The van der Waals surface area contributed by atoms with Crippen LogP contribution in [0.5, 0.6) is 0 Å². The van der Waals surface area contributed by atoms with Gasteiger partial charge in [0, 0.05) is 31.3 Å². The second-order valence-corrected chi connectivity index (χ2v) is 6.09. The summed E-state index contributed by atoms with van der Waals surface area (Å²) in [6, 6.07) is 4.03. The van der Waals surface area contributed by atoms with Gasteiger partial charge in [0.05, 0.1) is 15.6 Å². The second kappa shape index (κ2) is 9.45. The van der Waals surface area contributed by atoms with E-state index in [1.165, 1.54) is 12.1 Å². The first-order valence-electron chi connectivity index (χ1n) is 7.18. The van der Waals surface area contributed by atoms with E-state index in [0.717, 1.165) is 37.3 Å². The molecule has 3 N–H and O–H groups in total. The van der Waals surface area contributed by atoms with Crippen molar-refractivity contribution in [1.82, 2.24) is 10.2 Å². The van der Waals surface area contributed by atoms with Crippen LogP contribution in [0.3, 0.4) is 0 Å². The summed E-state index contributed by atoms with van der Waals surface area (Å²) in [7, 11) is 0. The van der Waals surface area contributed by atoms with E-state index in [1.807, 2.05) is 0 Å². The van der Waals surface area contributed by atoms with Crippen molar-refractivity contribution < 1.29 is 14.5 Å². The monoisotopic (exact) mass is 374 g/mol. The van der Waals surface area contributed by atoms with Crippen molar-refractivity contribution in [2.75, 3.05) is 31.9 Å². The van der Waals surface area contributed by atoms with E-state index in [-0.39, 0.29) is 35.3 Å². The number of halogens is 1. The minimum atomic E-state index is -0.724. The predicted molar refractivity (Wildman–Crippen MR) is 93.7 cm³/mol. The second-order valence-electron chi connectivity index (χ2n) is 5.08. The van der Waals surface area contributed by atoms with Crippen molar-refractivity contribution >= 4 is 41.7 Å². The number of thioether (sulfide) groups is 1. The zero-order valence-corrected chi connectivity index (χ0v) is 14.5. The van der Waals surface area contributed by atoms with Crippen molar-refractivity contribution in [3.8, 4) is 0 Å². The van der Waals surface area contributed by atoms with Gasteiger partial charge in [-0.3, -0.25) is 19.7 Å². The van der Waals surface area contributed by atoms with E-state index in [1.54, 1.807) is 4.90 Å². The third-order valence-corrected chi connectivity index (χ3v) is 4.53. The Morgan fingerprint density at radius 1 is 1.33 bits per heavy atom. The Morgan fingerprint density at radius 2 is 2.08 bits per heavy atom. The normalized spacial score (nSPS) is 14.4. The first-order valence-corrected chi connectivity index (χ1v) is 8.17. The maximum Gasteiger partial charge on any atom is 0.283 e. The molecule has 1 aromatic carbocycles. The lowest BCUT2D eigenvalue weighted by molar-refractivity contribution is -0.387. The van der Waals surface area contributed by atoms with Gasteiger partial charge in [-0.25, -0.2) is 0 Å². The van der Waals surface area contributed by atoms with Gasteiger partial charge in [-0.15, -0.1) is 24.2 Å². The number of nitrogens with one attached hydrogen (secondary N) is 1. The Hall–Kier alpha value is -1.84. The lowest BCUT2D eigenvalue weighted by atomic mass is 10.2. The van der Waals surface area contributed by atoms with Crippen LogP contribution in [0.1, 0.15) is 16.8 Å². The lowest BCUT2D eigenvalue weighted by Gasteiger charge is -2.19. The molecule has 0 aliphatic carbocycles. The molecule has 2 amide bonds. The summed E-state index contributed by atoms with van der Waals surface area (Å²) in [5.41, 5.74) is 5.00. The largest absolute Gasteiger partial charge is 0.366 e. The van der Waals surface area contributed by atoms with Crippen LogP contribution < -0.4 is 11.1 Å². The number of nitro groups is 1. The number of amides is 2. The average molecular weight is 375 g/mol. The highest BCUT2D eigenvalue weighted by atomic mass is 35.5. The Bertz CT molecular complexity index is 621. The van der Waals surface area contributed by atoms with Gasteiger partial charge >= 0.3 is 0 Å². The number of carbonyl (C=O) groups excluding carboxylic acids is 2. The fourth-order valence-electron chi connectivity index (χ4n) is 2.26. The Morgan fingerprint density at radius 3 is 2.75 bits per heavy atom. The molecule has 0 unspecified atom stereocenters. The van der Waals surface area contributed by atoms with Gasteiger partial charge in [0.15, 0.2) is 0 Å². The van der Waals surface area contributed by atoms with Crippen molar-refractivity contribution in [3.05, 3.63) is 33.9 Å². The minimum Gasteiger partial charge on any atom is -0.366 e. The van der Waals surface area contributed by atoms with Crippen LogP contribution >= 0.6 is 24.2 Å². The first-order chi connectivity index (χ1) is 11.0. The van der Waals surface area contributed by atoms with E-state index in [9.17, 15) is 19.7 Å². The molecule has 1 aliphatic rings. The molecule has 2 rings (SSSR count). The number of benzene rings is 1. The van der Waals surface area contributed by atoms with Gasteiger partial charge in [-0.1, -0.05) is 0 Å². The highest BCUT2D eigenvalue weighted by Crippen LogP contribution is 2.30. The summed E-state index contributed by atoms with van der Waals surface area (Å²) in [5, 5.41) is 14.3. The molecule has 132 valence electrons. The molecule has 1 fully saturated rings. The molecule has 0 aromatic heterocycles. The molecule has 0 bridgehead atoms. The van der Waals surface area contributed by atoms with Gasteiger partial charge in [0.25, 0.3) is 5.69 Å². The summed E-state index contributed by atoms with van der Waals surface area (Å²) in [6.45, 7) is 2.97. The molecular formula is C14H19ClN4O4S. The number of carbonyl (C=O) groups is 2. The number of nitro benzene ring substituents is 1. The fraction of sp³-hybridized carbons (Fsp3) is 0.429. The molecule has 0 spiro atoms. The fourth-order valence-corrected chi connectivity index (χ4v) is 3.17. The van der Waals surface area contributed by atoms with Crippen LogP contribution in [0.15, 0.2) is 23.1 Å². The van der Waals surface area contributed by atoms with E-state index < -0.39 is 10.8 Å². The molecule has 1 saturated heterocycles. The Kier molecular flexibility index (Phi) is 7.96. The maximum absolute atomic E-state index is 12.2. The van der Waals surface area contributed by atoms with Crippen LogP contribution in [0.2, 0.25) is 0 Å². The van der Waals surface area contributed by atoms with E-state index in [4.69, 9.17) is 5.73 Å². The quantitative estimate of drug-likeness (QED) is 0.451. The average Bonchev–Trinajstić information content (AvgIpc) is 2.81. The standard InChI is InChI=1S/C14H18N4O4S.ClH/c15-14(20)10-2-3-12(11(8-10)18(21)22)23-9-13(19)17-6-1-4-16-5-7-17;/h2-3,8,16H,1,4-7,9H2,(H2,15,20);1H. The van der Waals surface area contributed by atoms with Crippen LogP contribution in [0.25, 0.3) is 0 Å². The molecular weight excluding hydrogens is 356 g/mol. The molecule has 10 heteroatoms. The summed E-state index contributed by atoms with van der Waals surface area (Å²) in [4.78, 5) is 36.0. The summed E-state index contributed by atoms with van der Waals surface area (Å²) in [6.07, 6.45) is 0.893. The number of rotatable bonds is 5. The molecule has 1 heterocycles.